The number of hydrogen-bond acceptors (Lipinski definition) is 13. The predicted octanol–water partition coefficient (Wildman–Crippen LogP) is 3.74. The summed E-state index contributed by atoms with van der Waals surface area (Å²) in [5.41, 5.74) is 1.80. The Kier molecular flexibility index (Phi) is 11.0. The fourth-order valence-electron chi connectivity index (χ4n) is 4.34. The molecule has 0 bridgehead atoms. The first-order valence-electron chi connectivity index (χ1n) is 13.8. The largest absolute Gasteiger partial charge is 0.470 e. The summed E-state index contributed by atoms with van der Waals surface area (Å²) in [4.78, 5) is 35.3. The number of nitrogens with zero attached hydrogens (tertiary/aromatic N) is 5. The minimum atomic E-state index is -0.860. The molecule has 4 rings (SSSR count). The van der Waals surface area contributed by atoms with Crippen molar-refractivity contribution in [2.24, 2.45) is 0 Å². The number of benzene rings is 2. The molecule has 232 valence electrons. The van der Waals surface area contributed by atoms with Gasteiger partial charge in [-0.2, -0.15) is 4.37 Å². The first kappa shape index (κ1) is 32.3. The standard InChI is InChI=1S/C29H37N5O8S/c1-20-5-9-22(10-6-20)27(35)33(29(2,3)4)17-24(19-40-26-25(30-43-31-26)32-13-15-39-16-14-32)42-28(36)23-11-7-21(8-12-23)18-41-34(37)38/h5-12,24,37-38H,13-19H2,1-4H3. The molecule has 2 aromatic carbocycles. The number of ether oxygens (including phenoxy) is 3. The van der Waals surface area contributed by atoms with Gasteiger partial charge in [0.15, 0.2) is 6.10 Å². The summed E-state index contributed by atoms with van der Waals surface area (Å²) in [5.74, 6) is 0.104. The van der Waals surface area contributed by atoms with Crippen LogP contribution in [0.1, 0.15) is 52.6 Å². The van der Waals surface area contributed by atoms with Crippen molar-refractivity contribution >= 4 is 29.4 Å². The Morgan fingerprint density at radius 1 is 1.02 bits per heavy atom. The normalized spacial score (nSPS) is 14.4. The van der Waals surface area contributed by atoms with Crippen molar-refractivity contribution in [2.45, 2.75) is 45.9 Å². The first-order valence-corrected chi connectivity index (χ1v) is 14.5. The molecular weight excluding hydrogens is 578 g/mol. The third-order valence-electron chi connectivity index (χ3n) is 6.71. The van der Waals surface area contributed by atoms with Crippen molar-refractivity contribution in [1.82, 2.24) is 19.0 Å². The van der Waals surface area contributed by atoms with Gasteiger partial charge >= 0.3 is 5.97 Å². The number of rotatable bonds is 12. The van der Waals surface area contributed by atoms with Crippen LogP contribution in [0.4, 0.5) is 5.82 Å². The van der Waals surface area contributed by atoms with Crippen LogP contribution in [0.2, 0.25) is 0 Å². The van der Waals surface area contributed by atoms with Crippen molar-refractivity contribution < 1.29 is 39.1 Å². The maximum Gasteiger partial charge on any atom is 0.338 e. The van der Waals surface area contributed by atoms with E-state index in [0.717, 1.165) is 17.3 Å². The zero-order valence-electron chi connectivity index (χ0n) is 24.6. The molecule has 1 fully saturated rings. The summed E-state index contributed by atoms with van der Waals surface area (Å²) < 4.78 is 26.2. The number of hydrogen-bond donors (Lipinski definition) is 2. The van der Waals surface area contributed by atoms with E-state index in [1.54, 1.807) is 29.2 Å². The van der Waals surface area contributed by atoms with E-state index >= 15 is 0 Å². The van der Waals surface area contributed by atoms with E-state index in [1.165, 1.54) is 12.1 Å². The summed E-state index contributed by atoms with van der Waals surface area (Å²) in [5, 5.41) is 17.1. The highest BCUT2D eigenvalue weighted by Gasteiger charge is 2.32. The Hall–Kier alpha value is -3.66. The lowest BCUT2D eigenvalue weighted by Crippen LogP contribution is -2.51. The monoisotopic (exact) mass is 615 g/mol. The highest BCUT2D eigenvalue weighted by Crippen LogP contribution is 2.27. The topological polar surface area (TPSA) is 147 Å². The Bertz CT molecular complexity index is 1340. The molecule has 2 heterocycles. The van der Waals surface area contributed by atoms with Gasteiger partial charge in [-0.1, -0.05) is 29.8 Å². The van der Waals surface area contributed by atoms with E-state index in [0.29, 0.717) is 49.1 Å². The Morgan fingerprint density at radius 3 is 2.30 bits per heavy atom. The van der Waals surface area contributed by atoms with Crippen LogP contribution in [0.15, 0.2) is 48.5 Å². The highest BCUT2D eigenvalue weighted by atomic mass is 32.1. The summed E-state index contributed by atoms with van der Waals surface area (Å²) in [6.07, 6.45) is -0.860. The van der Waals surface area contributed by atoms with Crippen LogP contribution in [-0.4, -0.2) is 92.4 Å². The van der Waals surface area contributed by atoms with Gasteiger partial charge in [-0.3, -0.25) is 15.2 Å². The molecular formula is C29H37N5O8S. The molecule has 1 atom stereocenters. The molecule has 3 aromatic rings. The van der Waals surface area contributed by atoms with Crippen LogP contribution in [0.3, 0.4) is 0 Å². The Labute approximate surface area is 254 Å². The van der Waals surface area contributed by atoms with Gasteiger partial charge in [0, 0.05) is 24.2 Å². The second-order valence-electron chi connectivity index (χ2n) is 11.0. The molecule has 1 unspecified atom stereocenters. The number of carbonyl (C=O) groups is 2. The molecule has 13 nitrogen and oxygen atoms in total. The van der Waals surface area contributed by atoms with Gasteiger partial charge in [-0.15, -0.1) is 4.37 Å². The molecule has 1 amide bonds. The van der Waals surface area contributed by atoms with Crippen LogP contribution in [0.25, 0.3) is 0 Å². The second-order valence-corrected chi connectivity index (χ2v) is 11.5. The molecule has 2 N–H and O–H groups in total. The molecule has 0 radical (unpaired) electrons. The average molecular weight is 616 g/mol. The van der Waals surface area contributed by atoms with E-state index in [9.17, 15) is 9.59 Å². The molecule has 0 spiro atoms. The molecule has 0 aliphatic carbocycles. The minimum Gasteiger partial charge on any atom is -0.470 e. The summed E-state index contributed by atoms with van der Waals surface area (Å²) >= 11 is 1.03. The number of amides is 1. The molecule has 1 saturated heterocycles. The van der Waals surface area contributed by atoms with Crippen molar-refractivity contribution in [3.05, 3.63) is 70.8 Å². The quantitative estimate of drug-likeness (QED) is 0.226. The van der Waals surface area contributed by atoms with Crippen molar-refractivity contribution in [2.75, 3.05) is 44.4 Å². The van der Waals surface area contributed by atoms with Gasteiger partial charge in [0.1, 0.15) is 6.61 Å². The number of morpholine rings is 1. The van der Waals surface area contributed by atoms with Gasteiger partial charge in [-0.05, 0) is 57.5 Å². The lowest BCUT2D eigenvalue weighted by molar-refractivity contribution is -0.497. The van der Waals surface area contributed by atoms with Crippen molar-refractivity contribution in [3.63, 3.8) is 0 Å². The summed E-state index contributed by atoms with van der Waals surface area (Å²) in [6, 6.07) is 13.6. The van der Waals surface area contributed by atoms with E-state index in [4.69, 9.17) is 24.6 Å². The lowest BCUT2D eigenvalue weighted by Gasteiger charge is -2.38. The lowest BCUT2D eigenvalue weighted by atomic mass is 10.0. The van der Waals surface area contributed by atoms with Crippen molar-refractivity contribution in [1.29, 1.82) is 0 Å². The number of carbonyl (C=O) groups excluding carboxylic acids is 2. The molecule has 0 saturated carbocycles. The van der Waals surface area contributed by atoms with Crippen LogP contribution >= 0.6 is 11.7 Å². The van der Waals surface area contributed by atoms with Crippen LogP contribution in [0.5, 0.6) is 5.88 Å². The maximum absolute atomic E-state index is 13.7. The molecule has 14 heteroatoms. The number of aryl methyl sites for hydroxylation is 1. The third kappa shape index (κ3) is 9.16. The fraction of sp³-hybridized carbons (Fsp3) is 0.448. The van der Waals surface area contributed by atoms with Crippen molar-refractivity contribution in [3.8, 4) is 5.88 Å². The van der Waals surface area contributed by atoms with Crippen LogP contribution < -0.4 is 9.64 Å². The predicted molar refractivity (Wildman–Crippen MR) is 156 cm³/mol. The Balaban J connectivity index is 1.54. The van der Waals surface area contributed by atoms with Gasteiger partial charge in [0.25, 0.3) is 11.8 Å². The molecule has 1 aliphatic heterocycles. The molecule has 1 aromatic heterocycles. The van der Waals surface area contributed by atoms with Gasteiger partial charge in [0.2, 0.25) is 5.82 Å². The Morgan fingerprint density at radius 2 is 1.67 bits per heavy atom. The van der Waals surface area contributed by atoms with E-state index < -0.39 is 17.6 Å². The fourth-order valence-corrected chi connectivity index (χ4v) is 4.86. The van der Waals surface area contributed by atoms with Gasteiger partial charge in [0.05, 0.1) is 49.0 Å². The smallest absolute Gasteiger partial charge is 0.338 e. The van der Waals surface area contributed by atoms with Gasteiger partial charge in [-0.25, -0.2) is 9.63 Å². The average Bonchev–Trinajstić information content (AvgIpc) is 3.46. The summed E-state index contributed by atoms with van der Waals surface area (Å²) in [6.45, 7) is 10.0. The third-order valence-corrected chi connectivity index (χ3v) is 7.21. The summed E-state index contributed by atoms with van der Waals surface area (Å²) in [7, 11) is 0. The number of anilines is 1. The molecule has 1 aliphatic rings. The van der Waals surface area contributed by atoms with Crippen LogP contribution in [-0.2, 0) is 20.9 Å². The second kappa shape index (κ2) is 14.7. The maximum atomic E-state index is 13.7. The van der Waals surface area contributed by atoms with E-state index in [1.807, 2.05) is 44.7 Å². The number of esters is 1. The molecule has 43 heavy (non-hydrogen) atoms. The number of aromatic nitrogens is 2. The zero-order chi connectivity index (χ0) is 31.0. The minimum absolute atomic E-state index is 0.0567. The first-order chi connectivity index (χ1) is 20.5. The van der Waals surface area contributed by atoms with Gasteiger partial charge < -0.3 is 24.0 Å². The SMILES string of the molecule is Cc1ccc(C(=O)N(CC(COc2nsnc2N2CCOCC2)OC(=O)c2ccc(CON(O)O)cc2)C(C)(C)C)cc1. The highest BCUT2D eigenvalue weighted by molar-refractivity contribution is 6.99. The van der Waals surface area contributed by atoms with E-state index in [2.05, 4.69) is 13.6 Å². The van der Waals surface area contributed by atoms with E-state index in [-0.39, 0.29) is 36.6 Å². The zero-order valence-corrected chi connectivity index (χ0v) is 25.5. The van der Waals surface area contributed by atoms with Crippen LogP contribution in [0, 0.1) is 6.92 Å².